The number of nitrogens with one attached hydrogen (secondary N) is 1. The van der Waals surface area contributed by atoms with Crippen LogP contribution in [0.25, 0.3) is 5.69 Å². The molecule has 0 radical (unpaired) electrons. The number of halogens is 1. The molecule has 0 saturated heterocycles. The van der Waals surface area contributed by atoms with Crippen molar-refractivity contribution in [1.29, 1.82) is 0 Å². The summed E-state index contributed by atoms with van der Waals surface area (Å²) in [7, 11) is 0. The third-order valence-electron chi connectivity index (χ3n) is 3.35. The minimum atomic E-state index is -0.114. The van der Waals surface area contributed by atoms with Gasteiger partial charge in [0, 0.05) is 17.1 Å². The van der Waals surface area contributed by atoms with Crippen molar-refractivity contribution in [3.8, 4) is 5.69 Å². The van der Waals surface area contributed by atoms with E-state index in [1.54, 1.807) is 33.8 Å². The van der Waals surface area contributed by atoms with Crippen molar-refractivity contribution < 1.29 is 4.79 Å². The first-order valence-electron chi connectivity index (χ1n) is 7.76. The molecule has 2 heterocycles. The summed E-state index contributed by atoms with van der Waals surface area (Å²) in [5.41, 5.74) is 0.841. The zero-order chi connectivity index (χ0) is 18.7. The number of amides is 1. The molecule has 136 valence electrons. The summed E-state index contributed by atoms with van der Waals surface area (Å²) in [4.78, 5) is 12.2. The molecule has 1 N–H and O–H groups in total. The zero-order valence-corrected chi connectivity index (χ0v) is 17.3. The van der Waals surface area contributed by atoms with Gasteiger partial charge in [-0.25, -0.2) is 9.36 Å². The fraction of sp³-hybridized carbons (Fsp3) is 0.250. The summed E-state index contributed by atoms with van der Waals surface area (Å²) >= 11 is 14.0. The summed E-state index contributed by atoms with van der Waals surface area (Å²) < 4.78 is 4.79. The molecule has 0 aliphatic rings. The third-order valence-corrected chi connectivity index (χ3v) is 5.97. The van der Waals surface area contributed by atoms with Crippen molar-refractivity contribution in [2.24, 2.45) is 0 Å². The fourth-order valence-corrected chi connectivity index (χ4v) is 4.48. The van der Waals surface area contributed by atoms with E-state index in [-0.39, 0.29) is 17.7 Å². The van der Waals surface area contributed by atoms with Gasteiger partial charge in [-0.2, -0.15) is 5.10 Å². The highest BCUT2D eigenvalue weighted by Gasteiger charge is 2.12. The summed E-state index contributed by atoms with van der Waals surface area (Å²) in [5, 5.41) is 12.2. The van der Waals surface area contributed by atoms with Gasteiger partial charge in [-0.05, 0) is 50.3 Å². The van der Waals surface area contributed by atoms with Gasteiger partial charge in [-0.1, -0.05) is 34.7 Å². The van der Waals surface area contributed by atoms with E-state index in [1.165, 1.54) is 23.1 Å². The molecule has 3 rings (SSSR count). The Hall–Kier alpha value is -1.68. The predicted molar refractivity (Wildman–Crippen MR) is 109 cm³/mol. The van der Waals surface area contributed by atoms with E-state index in [1.807, 2.05) is 26.0 Å². The van der Waals surface area contributed by atoms with Gasteiger partial charge in [0.25, 0.3) is 0 Å². The smallest absolute Gasteiger partial charge is 0.235 e. The fourth-order valence-electron chi connectivity index (χ4n) is 2.20. The maximum absolute atomic E-state index is 12.2. The highest BCUT2D eigenvalue weighted by molar-refractivity contribution is 8.01. The average Bonchev–Trinajstić information content (AvgIpc) is 3.20. The predicted octanol–water partition coefficient (Wildman–Crippen LogP) is 4.82. The molecule has 0 atom stereocenters. The van der Waals surface area contributed by atoms with E-state index in [4.69, 9.17) is 23.8 Å². The summed E-state index contributed by atoms with van der Waals surface area (Å²) in [6.45, 7) is 4.02. The number of nitrogens with zero attached hydrogens (tertiary/aromatic N) is 4. The Balaban J connectivity index is 1.64. The first kappa shape index (κ1) is 19.1. The molecular weight excluding hydrogens is 410 g/mol. The SMILES string of the molecule is CC(C)n1nccc1NC(=O)CSc1nn(-c2ccc(Cl)cc2)c(=S)s1. The van der Waals surface area contributed by atoms with Gasteiger partial charge < -0.3 is 5.32 Å². The van der Waals surface area contributed by atoms with E-state index in [0.717, 1.165) is 10.0 Å². The molecule has 0 saturated carbocycles. The Morgan fingerprint density at radius 3 is 2.77 bits per heavy atom. The highest BCUT2D eigenvalue weighted by atomic mass is 35.5. The van der Waals surface area contributed by atoms with Crippen LogP contribution in [0.5, 0.6) is 0 Å². The van der Waals surface area contributed by atoms with Crippen LogP contribution in [0.1, 0.15) is 19.9 Å². The molecule has 6 nitrogen and oxygen atoms in total. The number of carbonyl (C=O) groups excluding carboxylic acids is 1. The van der Waals surface area contributed by atoms with Gasteiger partial charge in [0.15, 0.2) is 8.29 Å². The molecule has 2 aromatic heterocycles. The maximum atomic E-state index is 12.2. The van der Waals surface area contributed by atoms with Crippen LogP contribution in [0.15, 0.2) is 40.9 Å². The molecule has 1 amide bonds. The van der Waals surface area contributed by atoms with E-state index in [0.29, 0.717) is 14.8 Å². The van der Waals surface area contributed by atoms with Crippen molar-refractivity contribution in [3.63, 3.8) is 0 Å². The lowest BCUT2D eigenvalue weighted by Crippen LogP contribution is -2.18. The molecule has 0 aliphatic carbocycles. The molecule has 1 aromatic carbocycles. The Labute approximate surface area is 169 Å². The van der Waals surface area contributed by atoms with Crippen LogP contribution in [-0.4, -0.2) is 31.2 Å². The minimum Gasteiger partial charge on any atom is -0.310 e. The summed E-state index contributed by atoms with van der Waals surface area (Å²) in [5.74, 6) is 0.813. The van der Waals surface area contributed by atoms with E-state index in [2.05, 4.69) is 15.5 Å². The van der Waals surface area contributed by atoms with Crippen LogP contribution in [0.4, 0.5) is 5.82 Å². The molecule has 0 spiro atoms. The van der Waals surface area contributed by atoms with Gasteiger partial charge in [0.2, 0.25) is 5.91 Å². The highest BCUT2D eigenvalue weighted by Crippen LogP contribution is 2.25. The topological polar surface area (TPSA) is 64.7 Å². The van der Waals surface area contributed by atoms with Crippen molar-refractivity contribution >= 4 is 58.6 Å². The zero-order valence-electron chi connectivity index (χ0n) is 14.0. The maximum Gasteiger partial charge on any atom is 0.235 e. The number of aromatic nitrogens is 4. The number of hydrogen-bond donors (Lipinski definition) is 1. The van der Waals surface area contributed by atoms with Crippen LogP contribution >= 0.6 is 46.9 Å². The van der Waals surface area contributed by atoms with E-state index in [9.17, 15) is 4.79 Å². The first-order valence-corrected chi connectivity index (χ1v) is 10.3. The Morgan fingerprint density at radius 2 is 2.08 bits per heavy atom. The monoisotopic (exact) mass is 425 g/mol. The van der Waals surface area contributed by atoms with Crippen LogP contribution in [-0.2, 0) is 4.79 Å². The molecule has 3 aromatic rings. The lowest BCUT2D eigenvalue weighted by atomic mass is 10.3. The van der Waals surface area contributed by atoms with Crippen molar-refractivity contribution in [2.45, 2.75) is 24.2 Å². The lowest BCUT2D eigenvalue weighted by molar-refractivity contribution is -0.113. The second-order valence-electron chi connectivity index (χ2n) is 5.61. The molecular formula is C16H16ClN5OS3. The van der Waals surface area contributed by atoms with Crippen LogP contribution < -0.4 is 5.32 Å². The molecule has 0 aliphatic heterocycles. The quantitative estimate of drug-likeness (QED) is 0.452. The largest absolute Gasteiger partial charge is 0.310 e. The number of rotatable bonds is 6. The van der Waals surface area contributed by atoms with Gasteiger partial charge in [-0.3, -0.25) is 4.79 Å². The summed E-state index contributed by atoms with van der Waals surface area (Å²) in [6, 6.07) is 9.24. The molecule has 26 heavy (non-hydrogen) atoms. The number of anilines is 1. The molecule has 0 bridgehead atoms. The van der Waals surface area contributed by atoms with E-state index >= 15 is 0 Å². The van der Waals surface area contributed by atoms with Crippen LogP contribution in [0.2, 0.25) is 5.02 Å². The average molecular weight is 426 g/mol. The Bertz CT molecular complexity index is 961. The molecule has 0 unspecified atom stereocenters. The van der Waals surface area contributed by atoms with Crippen LogP contribution in [0.3, 0.4) is 0 Å². The summed E-state index contributed by atoms with van der Waals surface area (Å²) in [6.07, 6.45) is 1.67. The minimum absolute atomic E-state index is 0.114. The Morgan fingerprint density at radius 1 is 1.35 bits per heavy atom. The normalized spacial score (nSPS) is 11.1. The second kappa shape index (κ2) is 8.34. The number of hydrogen-bond acceptors (Lipinski definition) is 6. The lowest BCUT2D eigenvalue weighted by Gasteiger charge is -2.11. The van der Waals surface area contributed by atoms with E-state index < -0.39 is 0 Å². The standard InChI is InChI=1S/C16H16ClN5OS3/c1-10(2)21-13(7-8-18-21)19-14(23)9-25-15-20-22(16(24)26-15)12-5-3-11(17)4-6-12/h3-8,10H,9H2,1-2H3,(H,19,23). The van der Waals surface area contributed by atoms with Gasteiger partial charge >= 0.3 is 0 Å². The van der Waals surface area contributed by atoms with Crippen molar-refractivity contribution in [3.05, 3.63) is 45.5 Å². The third kappa shape index (κ3) is 4.53. The van der Waals surface area contributed by atoms with Crippen LogP contribution in [0, 0.1) is 3.95 Å². The van der Waals surface area contributed by atoms with Crippen molar-refractivity contribution in [1.82, 2.24) is 19.6 Å². The van der Waals surface area contributed by atoms with Crippen molar-refractivity contribution in [2.75, 3.05) is 11.1 Å². The molecule has 10 heteroatoms. The first-order chi connectivity index (χ1) is 12.4. The van der Waals surface area contributed by atoms with Gasteiger partial charge in [0.1, 0.15) is 5.82 Å². The second-order valence-corrected chi connectivity index (χ2v) is 8.90. The Kier molecular flexibility index (Phi) is 6.13. The van der Waals surface area contributed by atoms with Gasteiger partial charge in [0.05, 0.1) is 17.6 Å². The number of benzene rings is 1. The number of carbonyl (C=O) groups is 1. The molecule has 0 fully saturated rings. The number of thioether (sulfide) groups is 1. The van der Waals surface area contributed by atoms with Gasteiger partial charge in [-0.15, -0.1) is 5.10 Å².